The molecule has 0 aromatic carbocycles. The fourth-order valence-electron chi connectivity index (χ4n) is 5.64. The van der Waals surface area contributed by atoms with Crippen LogP contribution in [0.15, 0.2) is 29.6 Å². The number of aryl methyl sites for hydroxylation is 2. The summed E-state index contributed by atoms with van der Waals surface area (Å²) >= 11 is 3.50. The van der Waals surface area contributed by atoms with Crippen molar-refractivity contribution in [2.75, 3.05) is 40.3 Å². The average molecular weight is 892 g/mol. The molecule has 2 aliphatic heterocycles. The van der Waals surface area contributed by atoms with E-state index in [1.807, 2.05) is 58.9 Å². The second kappa shape index (κ2) is 24.3. The molecule has 0 radical (unpaired) electrons. The number of amides is 3. The number of thiophene rings is 2. The smallest absolute Gasteiger partial charge is 0.410 e. The number of rotatable bonds is 10. The second-order valence-corrected chi connectivity index (χ2v) is 17.6. The highest BCUT2D eigenvalue weighted by atomic mass is 127. The summed E-state index contributed by atoms with van der Waals surface area (Å²) in [7, 11) is 3.07. The molecule has 0 saturated carbocycles. The third-order valence-corrected chi connectivity index (χ3v) is 10.7. The molecule has 0 spiro atoms. The molecule has 0 bridgehead atoms. The highest BCUT2D eigenvalue weighted by Gasteiger charge is 2.32. The monoisotopic (exact) mass is 891 g/mol. The van der Waals surface area contributed by atoms with Crippen molar-refractivity contribution in [3.05, 3.63) is 44.3 Å². The molecule has 0 atom stereocenters. The minimum Gasteiger partial charge on any atom is -0.444 e. The van der Waals surface area contributed by atoms with Crippen LogP contribution in [0.4, 0.5) is 9.59 Å². The summed E-state index contributed by atoms with van der Waals surface area (Å²) in [4.78, 5) is 60.5. The summed E-state index contributed by atoms with van der Waals surface area (Å²) in [6, 6.07) is 8.39. The first-order valence-electron chi connectivity index (χ1n) is 18.9. The van der Waals surface area contributed by atoms with Gasteiger partial charge in [-0.1, -0.05) is 32.8 Å². The Kier molecular flexibility index (Phi) is 22.4. The van der Waals surface area contributed by atoms with Gasteiger partial charge >= 0.3 is 12.2 Å². The number of hydroxylamine groups is 2. The number of unbranched alkanes of at least 4 members (excludes halogenated alkanes) is 2. The molecule has 2 saturated heterocycles. The highest BCUT2D eigenvalue weighted by Crippen LogP contribution is 2.28. The third-order valence-electron chi connectivity index (χ3n) is 8.64. The number of nitrogens with zero attached hydrogens (tertiary/aromatic N) is 3. The minimum atomic E-state index is -0.486. The van der Waals surface area contributed by atoms with Crippen LogP contribution in [-0.2, 0) is 31.9 Å². The van der Waals surface area contributed by atoms with Crippen molar-refractivity contribution >= 4 is 70.5 Å². The lowest BCUT2D eigenvalue weighted by Gasteiger charge is -2.33. The Morgan fingerprint density at radius 1 is 0.755 bits per heavy atom. The third kappa shape index (κ3) is 18.8. The molecule has 2 aromatic heterocycles. The fraction of sp³-hybridized carbons (Fsp3) is 0.700. The number of piperidine rings is 2. The molecule has 53 heavy (non-hydrogen) atoms. The summed E-state index contributed by atoms with van der Waals surface area (Å²) in [5.41, 5.74) is -0.963. The summed E-state index contributed by atoms with van der Waals surface area (Å²) < 4.78 is 10.7. The van der Waals surface area contributed by atoms with Crippen molar-refractivity contribution in [2.45, 2.75) is 131 Å². The molecule has 0 aliphatic carbocycles. The van der Waals surface area contributed by atoms with Crippen molar-refractivity contribution in [2.24, 2.45) is 11.8 Å². The Morgan fingerprint density at radius 3 is 1.64 bits per heavy atom. The lowest BCUT2D eigenvalue weighted by molar-refractivity contribution is -0.174. The average Bonchev–Trinajstić information content (AvgIpc) is 3.81. The Bertz CT molecular complexity index is 1350. The van der Waals surface area contributed by atoms with Crippen LogP contribution >= 0.6 is 46.7 Å². The summed E-state index contributed by atoms with van der Waals surface area (Å²) in [5.74, 6) is 0.155. The van der Waals surface area contributed by atoms with Crippen LogP contribution in [0.25, 0.3) is 0 Å². The van der Waals surface area contributed by atoms with Gasteiger partial charge < -0.3 is 19.3 Å². The molecule has 4 rings (SSSR count). The molecule has 4 heterocycles. The topological polar surface area (TPSA) is 106 Å². The number of hydrogen-bond donors (Lipinski definition) is 0. The number of ether oxygens (including phenoxy) is 2. The minimum absolute atomic E-state index is 0. The van der Waals surface area contributed by atoms with Gasteiger partial charge in [0.05, 0.1) is 12.0 Å². The van der Waals surface area contributed by atoms with E-state index < -0.39 is 11.2 Å². The van der Waals surface area contributed by atoms with Gasteiger partial charge in [-0.3, -0.25) is 14.4 Å². The number of halogens is 1. The van der Waals surface area contributed by atoms with Crippen molar-refractivity contribution in [1.29, 1.82) is 0 Å². The maximum absolute atomic E-state index is 12.7. The first-order chi connectivity index (χ1) is 24.5. The van der Waals surface area contributed by atoms with E-state index in [0.29, 0.717) is 39.0 Å². The zero-order valence-electron chi connectivity index (χ0n) is 33.9. The first kappa shape index (κ1) is 48.8. The molecule has 302 valence electrons. The largest absolute Gasteiger partial charge is 0.444 e. The Hall–Kier alpha value is -2.23. The van der Waals surface area contributed by atoms with Gasteiger partial charge in [-0.05, 0) is 116 Å². The molecule has 2 fully saturated rings. The number of Topliss-reactive ketones (excluding diaryl/α,β-unsaturated/α-hetero) is 1. The number of likely N-dealkylation sites (tertiary alicyclic amines) is 2. The van der Waals surface area contributed by atoms with E-state index in [2.05, 4.69) is 37.4 Å². The molecule has 0 N–H and O–H groups in total. The van der Waals surface area contributed by atoms with E-state index in [1.165, 1.54) is 54.0 Å². The van der Waals surface area contributed by atoms with Crippen molar-refractivity contribution < 1.29 is 33.5 Å². The number of hydrogen-bond acceptors (Lipinski definition) is 9. The van der Waals surface area contributed by atoms with Gasteiger partial charge in [0.1, 0.15) is 11.2 Å². The van der Waals surface area contributed by atoms with E-state index in [0.717, 1.165) is 24.1 Å². The van der Waals surface area contributed by atoms with E-state index in [9.17, 15) is 19.2 Å². The van der Waals surface area contributed by atoms with Gasteiger partial charge in [-0.2, -0.15) is 0 Å². The molecule has 13 heteroatoms. The van der Waals surface area contributed by atoms with Crippen molar-refractivity contribution in [3.63, 3.8) is 0 Å². The normalized spacial score (nSPS) is 15.2. The van der Waals surface area contributed by atoms with Crippen LogP contribution < -0.4 is 0 Å². The van der Waals surface area contributed by atoms with Crippen LogP contribution in [0.3, 0.4) is 0 Å². The maximum atomic E-state index is 12.7. The number of carbonyl (C=O) groups is 4. The van der Waals surface area contributed by atoms with E-state index in [1.54, 1.807) is 28.2 Å². The molecule has 2 aromatic rings. The molecule has 0 unspecified atom stereocenters. The Balaban J connectivity index is 0.000000431. The predicted octanol–water partition coefficient (Wildman–Crippen LogP) is 10.3. The summed E-state index contributed by atoms with van der Waals surface area (Å²) in [6.07, 6.45) is 9.47. The van der Waals surface area contributed by atoms with E-state index >= 15 is 0 Å². The zero-order chi connectivity index (χ0) is 38.9. The number of ketones is 1. The molecule has 2 aliphatic rings. The van der Waals surface area contributed by atoms with Gasteiger partial charge in [0, 0.05) is 54.8 Å². The second-order valence-electron chi connectivity index (χ2n) is 15.4. The summed E-state index contributed by atoms with van der Waals surface area (Å²) in [6.45, 7) is 17.8. The van der Waals surface area contributed by atoms with Gasteiger partial charge in [0.15, 0.2) is 5.78 Å². The SMILES string of the molecule is CCCCc1ccc(C(=O)C2CCN(C(=O)OC(C)(C)C)CC2)s1.CCCCc1cccs1.CON(C)C(=O)C1CCN(C(=O)OC(C)(C)C)CC1.I. The van der Waals surface area contributed by atoms with Crippen LogP contribution in [0.5, 0.6) is 0 Å². The maximum Gasteiger partial charge on any atom is 0.410 e. The number of carbonyl (C=O) groups excluding carboxylic acids is 4. The quantitative estimate of drug-likeness (QED) is 0.133. The van der Waals surface area contributed by atoms with E-state index in [-0.39, 0.29) is 59.7 Å². The van der Waals surface area contributed by atoms with Crippen LogP contribution in [0.2, 0.25) is 0 Å². The molecule has 10 nitrogen and oxygen atoms in total. The van der Waals surface area contributed by atoms with Crippen LogP contribution in [0, 0.1) is 11.8 Å². The van der Waals surface area contributed by atoms with Crippen molar-refractivity contribution in [1.82, 2.24) is 14.9 Å². The van der Waals surface area contributed by atoms with Gasteiger partial charge in [0.25, 0.3) is 0 Å². The molecular formula is C40H66IN3O7S2. The van der Waals surface area contributed by atoms with E-state index in [4.69, 9.17) is 14.3 Å². The fourth-order valence-corrected chi connectivity index (χ4v) is 7.46. The standard InChI is InChI=1S/C19H29NO3S.C13H24N2O4.C8H12S.HI/c1-5-6-7-15-8-9-16(24-15)17(21)14-10-12-20(13-11-14)18(22)23-19(2,3)4;1-13(2,3)19-12(17)15-8-6-10(7-9-15)11(16)14(4)18-5;1-2-3-5-8-6-4-7-9-8;/h8-9,14H,5-7,10-13H2,1-4H3;10H,6-9H2,1-5H3;4,6-7H,2-3,5H2,1H3;1H. The molecular weight excluding hydrogens is 825 g/mol. The lowest BCUT2D eigenvalue weighted by Crippen LogP contribution is -2.45. The van der Waals surface area contributed by atoms with Gasteiger partial charge in [-0.25, -0.2) is 14.7 Å². The predicted molar refractivity (Wildman–Crippen MR) is 226 cm³/mol. The summed E-state index contributed by atoms with van der Waals surface area (Å²) in [5, 5.41) is 3.39. The Morgan fingerprint density at radius 2 is 1.23 bits per heavy atom. The Labute approximate surface area is 344 Å². The van der Waals surface area contributed by atoms with Crippen LogP contribution in [0.1, 0.15) is 126 Å². The van der Waals surface area contributed by atoms with Gasteiger partial charge in [0.2, 0.25) is 5.91 Å². The lowest BCUT2D eigenvalue weighted by atomic mass is 9.92. The van der Waals surface area contributed by atoms with Gasteiger partial charge in [-0.15, -0.1) is 46.7 Å². The first-order valence-corrected chi connectivity index (χ1v) is 20.6. The zero-order valence-corrected chi connectivity index (χ0v) is 37.8. The highest BCUT2D eigenvalue weighted by molar-refractivity contribution is 14.0. The van der Waals surface area contributed by atoms with Crippen molar-refractivity contribution in [3.8, 4) is 0 Å². The van der Waals surface area contributed by atoms with Crippen LogP contribution in [-0.4, -0.2) is 90.3 Å². The molecule has 3 amide bonds.